The van der Waals surface area contributed by atoms with Crippen molar-refractivity contribution in [3.05, 3.63) is 0 Å². The smallest absolute Gasteiger partial charge is 0.187 e. The van der Waals surface area contributed by atoms with E-state index in [1.165, 1.54) is 0 Å². The highest BCUT2D eigenvalue weighted by Crippen LogP contribution is 2.71. The molecular weight excluding hydrogens is 1950 g/mol. The number of hydrogen-bond donors (Lipinski definition) is 27. The number of fused-ring (bicyclic) bond motifs is 10. The van der Waals surface area contributed by atoms with E-state index < -0.39 is 317 Å². The highest BCUT2D eigenvalue weighted by atomic mass is 16.8. The summed E-state index contributed by atoms with van der Waals surface area (Å²) in [5.41, 5.74) is -1.43. The Balaban J connectivity index is 0.576. The van der Waals surface area contributed by atoms with Crippen molar-refractivity contribution in [2.45, 2.75) is 441 Å². The molecule has 0 spiro atoms. The van der Waals surface area contributed by atoms with Gasteiger partial charge in [-0.2, -0.15) is 0 Å². The van der Waals surface area contributed by atoms with E-state index in [4.69, 9.17) is 85.3 Å². The maximum Gasteiger partial charge on any atom is 0.187 e. The summed E-state index contributed by atoms with van der Waals surface area (Å²) in [6.07, 6.45) is -44.5. The summed E-state index contributed by atoms with van der Waals surface area (Å²) in [6.45, 7) is 9.06. The van der Waals surface area contributed by atoms with Crippen molar-refractivity contribution in [2.24, 2.45) is 104 Å². The third-order valence-electron chi connectivity index (χ3n) is 39.4. The van der Waals surface area contributed by atoms with E-state index in [1.807, 2.05) is 0 Å². The molecule has 16 rings (SSSR count). The fourth-order valence-corrected chi connectivity index (χ4v) is 30.7. The topological polar surface area (TPSA) is 712 Å². The molecule has 16 aliphatic rings. The summed E-state index contributed by atoms with van der Waals surface area (Å²) in [7, 11) is 0. The van der Waals surface area contributed by atoms with Crippen LogP contribution in [-0.4, -0.2) is 482 Å². The number of aliphatic hydroxyl groups is 27. The maximum atomic E-state index is 12.1. The van der Waals surface area contributed by atoms with Crippen LogP contribution in [0.2, 0.25) is 0 Å². The number of rotatable bonds is 40. The summed E-state index contributed by atoms with van der Waals surface area (Å²) in [5, 5.41) is 293. The molecule has 27 N–H and O–H groups in total. The zero-order chi connectivity index (χ0) is 106. The molecule has 35 unspecified atom stereocenters. The van der Waals surface area contributed by atoms with Gasteiger partial charge in [0, 0.05) is 19.1 Å². The Morgan fingerprint density at radius 2 is 0.544 bits per heavy atom. The van der Waals surface area contributed by atoms with E-state index in [-0.39, 0.29) is 78.0 Å². The molecule has 8 aliphatic carbocycles. The van der Waals surface area contributed by atoms with Gasteiger partial charge in [-0.15, -0.1) is 0 Å². The first-order chi connectivity index (χ1) is 70.0. The van der Waals surface area contributed by atoms with Gasteiger partial charge >= 0.3 is 0 Å². The molecule has 8 saturated carbocycles. The average Bonchev–Trinajstić information content (AvgIpc) is 1.59. The molecule has 0 aromatic heterocycles. The van der Waals surface area contributed by atoms with Crippen molar-refractivity contribution >= 4 is 0 Å². The predicted molar refractivity (Wildman–Crippen MR) is 502 cm³/mol. The van der Waals surface area contributed by atoms with Gasteiger partial charge < -0.3 is 223 Å². The van der Waals surface area contributed by atoms with Crippen LogP contribution in [0.5, 0.6) is 0 Å². The molecular formula is C102H174O45. The van der Waals surface area contributed by atoms with E-state index in [0.29, 0.717) is 78.9 Å². The molecule has 0 aromatic rings. The van der Waals surface area contributed by atoms with Gasteiger partial charge in [-0.25, -0.2) is 0 Å². The summed E-state index contributed by atoms with van der Waals surface area (Å²) in [5.74, 6) is 4.12. The van der Waals surface area contributed by atoms with E-state index in [2.05, 4.69) is 41.5 Å². The first kappa shape index (κ1) is 118. The van der Waals surface area contributed by atoms with Crippen molar-refractivity contribution in [3.8, 4) is 0 Å². The molecule has 852 valence electrons. The molecule has 59 atom stereocenters. The third kappa shape index (κ3) is 23.5. The lowest BCUT2D eigenvalue weighted by Gasteiger charge is -2.61. The zero-order valence-corrected chi connectivity index (χ0v) is 85.6. The van der Waals surface area contributed by atoms with E-state index in [1.54, 1.807) is 6.92 Å². The van der Waals surface area contributed by atoms with Crippen LogP contribution in [0, 0.1) is 104 Å². The molecule has 0 bridgehead atoms. The summed E-state index contributed by atoms with van der Waals surface area (Å²) in [6, 6.07) is 0. The normalized spacial score (nSPS) is 52.0. The van der Waals surface area contributed by atoms with Crippen LogP contribution < -0.4 is 0 Å². The largest absolute Gasteiger partial charge is 0.394 e. The monoisotopic (exact) mass is 2120 g/mol. The third-order valence-corrected chi connectivity index (χ3v) is 39.4. The highest BCUT2D eigenvalue weighted by Gasteiger charge is 2.66. The summed E-state index contributed by atoms with van der Waals surface area (Å²) in [4.78, 5) is 0. The maximum absolute atomic E-state index is 12.1. The van der Waals surface area contributed by atoms with Gasteiger partial charge in [0.25, 0.3) is 0 Å². The average molecular weight is 2120 g/mol. The SMILES string of the molecule is CC(CCCOCC(COCCCC(C)C1CCC2C3CCC4CC(O[C@@H]5OC(CO)[C@@H](O[C@H]6OC(CO)[C@@H](O)C(O)[C@@H]6O)C(O)[C@@H]5C)CCC4(C)C3CCC12C)(CO[C@H]1OC(CO)[C@H](O[C@@H]2OC(CO)[C@H](O)C(O)[C@H]2O)C(O)[C@H]1O)CO[C@@H]1OC(CO)[C@@H](O[C@H]2OC(CO)[C@@H](O)C(O)[C@@H]2O)C(O)[C@@H]1O)C1CCC2C3CCC4CC(O[C@H]5OC(CO)[C@H](O[C@@H]6OC(CO)[C@H](O)C(O)[C@H]6O)C(O)[C@H]5O)CCC4(C)C3CCC12C. The van der Waals surface area contributed by atoms with Crippen LogP contribution in [0.15, 0.2) is 0 Å². The minimum atomic E-state index is -2.00. The molecule has 16 fully saturated rings. The van der Waals surface area contributed by atoms with Gasteiger partial charge in [0.05, 0.1) is 103 Å². The van der Waals surface area contributed by atoms with Crippen LogP contribution in [0.4, 0.5) is 0 Å². The fraction of sp³-hybridized carbons (Fsp3) is 1.00. The predicted octanol–water partition coefficient (Wildman–Crippen LogP) is -5.27. The van der Waals surface area contributed by atoms with E-state index >= 15 is 0 Å². The molecule has 0 amide bonds. The second-order valence-electron chi connectivity index (χ2n) is 47.7. The first-order valence-electron chi connectivity index (χ1n) is 54.4. The number of aliphatic hydroxyl groups excluding tert-OH is 27. The van der Waals surface area contributed by atoms with E-state index in [9.17, 15) is 138 Å². The molecule has 45 heteroatoms. The molecule has 45 nitrogen and oxygen atoms in total. The molecule has 8 heterocycles. The van der Waals surface area contributed by atoms with Gasteiger partial charge in [-0.1, -0.05) is 48.5 Å². The minimum Gasteiger partial charge on any atom is -0.394 e. The van der Waals surface area contributed by atoms with Crippen molar-refractivity contribution in [1.29, 1.82) is 0 Å². The van der Waals surface area contributed by atoms with Crippen LogP contribution in [0.1, 0.15) is 190 Å². The lowest BCUT2D eigenvalue weighted by molar-refractivity contribution is -0.366. The van der Waals surface area contributed by atoms with Crippen LogP contribution >= 0.6 is 0 Å². The van der Waals surface area contributed by atoms with Gasteiger partial charge in [0.15, 0.2) is 50.3 Å². The Kier molecular flexibility index (Phi) is 39.7. The second-order valence-corrected chi connectivity index (χ2v) is 47.7. The molecule has 0 radical (unpaired) electrons. The van der Waals surface area contributed by atoms with Gasteiger partial charge in [0.1, 0.15) is 183 Å². The molecule has 8 aliphatic heterocycles. The van der Waals surface area contributed by atoms with Crippen molar-refractivity contribution < 1.29 is 223 Å². The van der Waals surface area contributed by atoms with Crippen molar-refractivity contribution in [2.75, 3.05) is 92.5 Å². The lowest BCUT2D eigenvalue weighted by atomic mass is 9.44. The minimum absolute atomic E-state index is 0.0158. The quantitative estimate of drug-likeness (QED) is 0.0201. The Labute approximate surface area is 857 Å². The van der Waals surface area contributed by atoms with Crippen molar-refractivity contribution in [3.63, 3.8) is 0 Å². The Hall–Kier alpha value is -1.80. The molecule has 147 heavy (non-hydrogen) atoms. The Morgan fingerprint density at radius 3 is 0.878 bits per heavy atom. The lowest BCUT2D eigenvalue weighted by Crippen LogP contribution is -2.65. The van der Waals surface area contributed by atoms with Crippen molar-refractivity contribution in [1.82, 2.24) is 0 Å². The first-order valence-corrected chi connectivity index (χ1v) is 54.4. The summed E-state index contributed by atoms with van der Waals surface area (Å²) >= 11 is 0. The van der Waals surface area contributed by atoms with Crippen LogP contribution in [0.25, 0.3) is 0 Å². The fourth-order valence-electron chi connectivity index (χ4n) is 30.7. The Bertz CT molecular complexity index is 3770. The van der Waals surface area contributed by atoms with Crippen LogP contribution in [0.3, 0.4) is 0 Å². The number of hydrogen-bond acceptors (Lipinski definition) is 45. The number of ether oxygens (including phenoxy) is 18. The van der Waals surface area contributed by atoms with Gasteiger partial charge in [-0.3, -0.25) is 0 Å². The van der Waals surface area contributed by atoms with Gasteiger partial charge in [0.2, 0.25) is 0 Å². The zero-order valence-electron chi connectivity index (χ0n) is 85.6. The Morgan fingerprint density at radius 1 is 0.272 bits per heavy atom. The second kappa shape index (κ2) is 49.6. The van der Waals surface area contributed by atoms with Crippen LogP contribution in [-0.2, 0) is 85.3 Å². The highest BCUT2D eigenvalue weighted by molar-refractivity contribution is 5.14. The van der Waals surface area contributed by atoms with Gasteiger partial charge in [-0.05, 0) is 234 Å². The molecule has 8 saturated heterocycles. The van der Waals surface area contributed by atoms with E-state index in [0.717, 1.165) is 116 Å². The standard InChI is InChI=1S/C102H174O45/c1-44(53-16-18-55-51-14-12-47-30-49(20-24-98(47,4)57(51)22-26-100(53,55)6)134-90-46(3)67(111)86(63(36-107)140-90)144-94-79(123)72(116)68(112)59(32-103)136-94)10-8-28-130-40-102(42-132-91-83(127)76(120)87(64(37-108)141-91)145-95-80(124)73(117)69(113)60(33-104)137-95,43-133-92-84(128)77(121)88(65(38-109)142-92)146-96-81(125)74(118)70(114)61(34-105)138-96)41-131-29-9-11-45(2)54-17-19-56-52-15-13-48-31-50(21-25-99(48,5)58(52)23-27-101(54,56)7)135-93-85(129)78(122)89(66(39-110)143-93)147-97-82(126)75(119)71(115)62(35-106)139-97/h44-97,103-129H,8-43H2,1-7H3/t44?,45?,46-,47?,48?,49?,50?,51?,52?,53?,54?,55?,56?,57?,58?,59?,60?,61?,62?,63?,64?,65?,66?,67?,68+,69-,70+,71-,72?,73?,74?,75?,76?,77?,78?,79-,80+,81-,82+,83+,84-,85+,86+,87-,88+,89-,90+,91-,92+,93-,94+,95-,96+,97-,98?,99?,100?,101?,102?/m0/s1. The summed E-state index contributed by atoms with van der Waals surface area (Å²) < 4.78 is 111. The molecule has 0 aromatic carbocycles.